The molecule has 1 unspecified atom stereocenters. The lowest BCUT2D eigenvalue weighted by Crippen LogP contribution is -2.36. The van der Waals surface area contributed by atoms with Crippen LogP contribution in [0.3, 0.4) is 0 Å². The molecule has 2 nitrogen and oxygen atoms in total. The van der Waals surface area contributed by atoms with Gasteiger partial charge in [-0.25, -0.2) is 0 Å². The molecule has 15 heavy (non-hydrogen) atoms. The van der Waals surface area contributed by atoms with Crippen LogP contribution in [0, 0.1) is 0 Å². The van der Waals surface area contributed by atoms with Crippen LogP contribution in [-0.2, 0) is 6.42 Å². The van der Waals surface area contributed by atoms with Crippen molar-refractivity contribution in [2.45, 2.75) is 38.2 Å². The minimum absolute atomic E-state index is 0.359. The van der Waals surface area contributed by atoms with Gasteiger partial charge in [0.2, 0.25) is 0 Å². The molecule has 3 N–H and O–H groups in total. The van der Waals surface area contributed by atoms with E-state index < -0.39 is 5.60 Å². The van der Waals surface area contributed by atoms with Crippen molar-refractivity contribution in [3.8, 4) is 0 Å². The average molecular weight is 207 g/mol. The first-order valence-corrected chi connectivity index (χ1v) is 5.66. The van der Waals surface area contributed by atoms with Crippen LogP contribution in [0.2, 0.25) is 0 Å². The first-order chi connectivity index (χ1) is 7.20. The summed E-state index contributed by atoms with van der Waals surface area (Å²) >= 11 is 0. The molecular weight excluding hydrogens is 186 g/mol. The first kappa shape index (κ1) is 12.2. The fraction of sp³-hybridized carbons (Fsp3) is 0.538. The van der Waals surface area contributed by atoms with E-state index >= 15 is 0 Å². The number of hydrogen-bond acceptors (Lipinski definition) is 2. The van der Waals surface area contributed by atoms with Gasteiger partial charge in [-0.05, 0) is 31.2 Å². The highest BCUT2D eigenvalue weighted by atomic mass is 16.3. The molecule has 2 heteroatoms. The van der Waals surface area contributed by atoms with Crippen LogP contribution in [0.15, 0.2) is 30.3 Å². The summed E-state index contributed by atoms with van der Waals surface area (Å²) in [6, 6.07) is 10.3. The monoisotopic (exact) mass is 207 g/mol. The van der Waals surface area contributed by atoms with E-state index in [-0.39, 0.29) is 0 Å². The van der Waals surface area contributed by atoms with E-state index in [1.807, 2.05) is 25.1 Å². The van der Waals surface area contributed by atoms with Crippen molar-refractivity contribution >= 4 is 0 Å². The van der Waals surface area contributed by atoms with Crippen LogP contribution in [0.25, 0.3) is 0 Å². The van der Waals surface area contributed by atoms with Crippen molar-refractivity contribution in [1.82, 2.24) is 0 Å². The molecule has 0 heterocycles. The van der Waals surface area contributed by atoms with Gasteiger partial charge in [0.1, 0.15) is 0 Å². The molecule has 84 valence electrons. The predicted molar refractivity (Wildman–Crippen MR) is 63.7 cm³/mol. The molecule has 0 fully saturated rings. The maximum Gasteiger partial charge on any atom is 0.0766 e. The normalized spacial score (nSPS) is 14.9. The molecule has 1 aromatic carbocycles. The summed E-state index contributed by atoms with van der Waals surface area (Å²) in [5, 5.41) is 9.98. The van der Waals surface area contributed by atoms with Gasteiger partial charge >= 0.3 is 0 Å². The number of nitrogens with two attached hydrogens (primary N) is 1. The van der Waals surface area contributed by atoms with Crippen LogP contribution < -0.4 is 5.73 Å². The molecule has 1 rings (SSSR count). The van der Waals surface area contributed by atoms with E-state index in [0.717, 1.165) is 25.7 Å². The van der Waals surface area contributed by atoms with Gasteiger partial charge in [-0.1, -0.05) is 37.3 Å². The van der Waals surface area contributed by atoms with Gasteiger partial charge in [0.15, 0.2) is 0 Å². The van der Waals surface area contributed by atoms with E-state index in [0.29, 0.717) is 6.54 Å². The zero-order chi connectivity index (χ0) is 11.1. The fourth-order valence-electron chi connectivity index (χ4n) is 1.69. The van der Waals surface area contributed by atoms with Crippen molar-refractivity contribution in [2.24, 2.45) is 5.73 Å². The minimum atomic E-state index is -0.658. The lowest BCUT2D eigenvalue weighted by molar-refractivity contribution is 0.0345. The third-order valence-electron chi connectivity index (χ3n) is 2.99. The van der Waals surface area contributed by atoms with E-state index in [1.165, 1.54) is 5.56 Å². The summed E-state index contributed by atoms with van der Waals surface area (Å²) in [4.78, 5) is 0. The van der Waals surface area contributed by atoms with E-state index in [4.69, 9.17) is 5.73 Å². The van der Waals surface area contributed by atoms with E-state index in [2.05, 4.69) is 12.1 Å². The molecule has 0 saturated heterocycles. The zero-order valence-electron chi connectivity index (χ0n) is 9.45. The Balaban J connectivity index is 2.33. The van der Waals surface area contributed by atoms with Crippen molar-refractivity contribution < 1.29 is 5.11 Å². The summed E-state index contributed by atoms with van der Waals surface area (Å²) in [6.45, 7) is 2.34. The van der Waals surface area contributed by atoms with Crippen LogP contribution in [0.5, 0.6) is 0 Å². The molecule has 1 aromatic rings. The van der Waals surface area contributed by atoms with Crippen molar-refractivity contribution in [3.05, 3.63) is 35.9 Å². The summed E-state index contributed by atoms with van der Waals surface area (Å²) in [6.07, 6.45) is 3.53. The van der Waals surface area contributed by atoms with Crippen LogP contribution >= 0.6 is 0 Å². The van der Waals surface area contributed by atoms with Crippen LogP contribution in [0.4, 0.5) is 0 Å². The second-order valence-corrected chi connectivity index (χ2v) is 4.12. The maximum absolute atomic E-state index is 9.98. The summed E-state index contributed by atoms with van der Waals surface area (Å²) < 4.78 is 0. The lowest BCUT2D eigenvalue weighted by Gasteiger charge is -2.24. The molecule has 1 atom stereocenters. The molecule has 0 bridgehead atoms. The van der Waals surface area contributed by atoms with Gasteiger partial charge in [-0.2, -0.15) is 0 Å². The topological polar surface area (TPSA) is 46.2 Å². The minimum Gasteiger partial charge on any atom is -0.389 e. The number of benzene rings is 1. The van der Waals surface area contributed by atoms with Gasteiger partial charge in [0.25, 0.3) is 0 Å². The fourth-order valence-corrected chi connectivity index (χ4v) is 1.69. The van der Waals surface area contributed by atoms with Gasteiger partial charge < -0.3 is 10.8 Å². The molecule has 0 aliphatic rings. The smallest absolute Gasteiger partial charge is 0.0766 e. The standard InChI is InChI=1S/C13H21NO/c1-2-13(15,11-14)10-6-9-12-7-4-3-5-8-12/h3-5,7-8,15H,2,6,9-11,14H2,1H3. The van der Waals surface area contributed by atoms with Gasteiger partial charge in [-0.3, -0.25) is 0 Å². The number of rotatable bonds is 6. The molecule has 0 spiro atoms. The second kappa shape index (κ2) is 5.89. The average Bonchev–Trinajstić information content (AvgIpc) is 2.30. The third-order valence-corrected chi connectivity index (χ3v) is 2.99. The Morgan fingerprint density at radius 1 is 1.27 bits per heavy atom. The Morgan fingerprint density at radius 2 is 1.93 bits per heavy atom. The van der Waals surface area contributed by atoms with Crippen molar-refractivity contribution in [1.29, 1.82) is 0 Å². The lowest BCUT2D eigenvalue weighted by atomic mass is 9.93. The molecule has 0 aliphatic heterocycles. The third kappa shape index (κ3) is 4.02. The van der Waals surface area contributed by atoms with Crippen LogP contribution in [-0.4, -0.2) is 17.3 Å². The van der Waals surface area contributed by atoms with Crippen molar-refractivity contribution in [2.75, 3.05) is 6.54 Å². The predicted octanol–water partition coefficient (Wildman–Crippen LogP) is 2.11. The molecular formula is C13H21NO. The first-order valence-electron chi connectivity index (χ1n) is 5.66. The number of hydrogen-bond donors (Lipinski definition) is 2. The Morgan fingerprint density at radius 3 is 2.47 bits per heavy atom. The zero-order valence-corrected chi connectivity index (χ0v) is 9.45. The van der Waals surface area contributed by atoms with Gasteiger partial charge in [-0.15, -0.1) is 0 Å². The largest absolute Gasteiger partial charge is 0.389 e. The summed E-state index contributed by atoms with van der Waals surface area (Å²) in [5.41, 5.74) is 6.22. The Kier molecular flexibility index (Phi) is 4.79. The summed E-state index contributed by atoms with van der Waals surface area (Å²) in [5.74, 6) is 0. The highest BCUT2D eigenvalue weighted by molar-refractivity contribution is 5.14. The number of aliphatic hydroxyl groups is 1. The Labute approximate surface area is 92.1 Å². The molecule has 0 aliphatic carbocycles. The Hall–Kier alpha value is -0.860. The molecule has 0 amide bonds. The highest BCUT2D eigenvalue weighted by Gasteiger charge is 2.21. The SMILES string of the molecule is CCC(O)(CN)CCCc1ccccc1. The molecule has 0 aromatic heterocycles. The van der Waals surface area contributed by atoms with Gasteiger partial charge in [0, 0.05) is 6.54 Å². The summed E-state index contributed by atoms with van der Waals surface area (Å²) in [7, 11) is 0. The Bertz CT molecular complexity index is 267. The van der Waals surface area contributed by atoms with E-state index in [9.17, 15) is 5.11 Å². The maximum atomic E-state index is 9.98. The van der Waals surface area contributed by atoms with Crippen LogP contribution in [0.1, 0.15) is 31.7 Å². The molecule has 0 saturated carbocycles. The van der Waals surface area contributed by atoms with E-state index in [1.54, 1.807) is 0 Å². The second-order valence-electron chi connectivity index (χ2n) is 4.12. The van der Waals surface area contributed by atoms with Crippen molar-refractivity contribution in [3.63, 3.8) is 0 Å². The quantitative estimate of drug-likeness (QED) is 0.750. The van der Waals surface area contributed by atoms with Gasteiger partial charge in [0.05, 0.1) is 5.60 Å². The number of aryl methyl sites for hydroxylation is 1. The highest BCUT2D eigenvalue weighted by Crippen LogP contribution is 2.17. The molecule has 0 radical (unpaired) electrons.